The predicted octanol–water partition coefficient (Wildman–Crippen LogP) is 4.40. The van der Waals surface area contributed by atoms with E-state index in [2.05, 4.69) is 16.7 Å². The number of carbonyl (C=O) groups excluding carboxylic acids is 1. The molecule has 0 fully saturated rings. The molecule has 1 aromatic heterocycles. The summed E-state index contributed by atoms with van der Waals surface area (Å²) in [5.74, 6) is 2.16. The average Bonchev–Trinajstić information content (AvgIpc) is 3.09. The van der Waals surface area contributed by atoms with E-state index in [0.717, 1.165) is 11.3 Å². The Morgan fingerprint density at radius 3 is 2.48 bits per heavy atom. The first-order valence-electron chi connectivity index (χ1n) is 9.79. The minimum absolute atomic E-state index is 0.160. The molecule has 0 spiro atoms. The molecular weight excluding hydrogens is 368 g/mol. The normalized spacial score (nSPS) is 14.2. The van der Waals surface area contributed by atoms with Crippen LogP contribution in [0.15, 0.2) is 30.5 Å². The van der Waals surface area contributed by atoms with Gasteiger partial charge in [0.2, 0.25) is 0 Å². The topological polar surface area (TPSA) is 88.3 Å². The van der Waals surface area contributed by atoms with Gasteiger partial charge in [-0.1, -0.05) is 19.9 Å². The van der Waals surface area contributed by atoms with Gasteiger partial charge in [-0.2, -0.15) is 5.26 Å². The molecule has 0 unspecified atom stereocenters. The fourth-order valence-electron chi connectivity index (χ4n) is 3.36. The third-order valence-electron chi connectivity index (χ3n) is 4.79. The number of hydrogen-bond donors (Lipinski definition) is 2. The molecule has 2 aromatic rings. The number of nitrogens with zero attached hydrogens (tertiary/aromatic N) is 2. The Kier molecular flexibility index (Phi) is 5.73. The highest BCUT2D eigenvalue weighted by atomic mass is 16.6. The monoisotopic (exact) mass is 396 g/mol. The van der Waals surface area contributed by atoms with Gasteiger partial charge in [0.15, 0.2) is 11.5 Å². The lowest BCUT2D eigenvalue weighted by Crippen LogP contribution is -2.36. The first-order valence-corrected chi connectivity index (χ1v) is 9.79. The molecule has 7 nitrogen and oxygen atoms in total. The van der Waals surface area contributed by atoms with Crippen molar-refractivity contribution >= 4 is 11.8 Å². The summed E-state index contributed by atoms with van der Waals surface area (Å²) in [6.07, 6.45) is 1.75. The van der Waals surface area contributed by atoms with Crippen LogP contribution in [0.2, 0.25) is 0 Å². The van der Waals surface area contributed by atoms with Crippen LogP contribution in [0.4, 0.5) is 10.6 Å². The Bertz CT molecular complexity index is 935. The lowest BCUT2D eigenvalue weighted by atomic mass is 9.95. The molecular formula is C22H28N4O3. The molecule has 0 saturated heterocycles. The summed E-state index contributed by atoms with van der Waals surface area (Å²) >= 11 is 0. The van der Waals surface area contributed by atoms with E-state index in [9.17, 15) is 10.1 Å². The number of anilines is 1. The molecule has 1 atom stereocenters. The number of nitrogens with one attached hydrogen (secondary N) is 2. The van der Waals surface area contributed by atoms with Crippen molar-refractivity contribution in [3.63, 3.8) is 0 Å². The van der Waals surface area contributed by atoms with Gasteiger partial charge in [-0.15, -0.1) is 0 Å². The van der Waals surface area contributed by atoms with Crippen LogP contribution >= 0.6 is 0 Å². The van der Waals surface area contributed by atoms with Crippen molar-refractivity contribution < 1.29 is 14.3 Å². The number of fused-ring (bicyclic) bond motifs is 1. The zero-order valence-electron chi connectivity index (χ0n) is 17.6. The van der Waals surface area contributed by atoms with Gasteiger partial charge in [-0.05, 0) is 50.5 Å². The Hall–Kier alpha value is -3.14. The van der Waals surface area contributed by atoms with E-state index in [1.807, 2.05) is 57.4 Å². The van der Waals surface area contributed by atoms with E-state index in [0.29, 0.717) is 30.3 Å². The third-order valence-corrected chi connectivity index (χ3v) is 4.79. The molecule has 2 heterocycles. The van der Waals surface area contributed by atoms with E-state index in [1.54, 1.807) is 12.3 Å². The number of aromatic nitrogens is 1. The van der Waals surface area contributed by atoms with Crippen molar-refractivity contribution in [2.45, 2.75) is 46.2 Å². The van der Waals surface area contributed by atoms with Crippen LogP contribution in [0, 0.1) is 17.2 Å². The first kappa shape index (κ1) is 20.6. The van der Waals surface area contributed by atoms with E-state index in [-0.39, 0.29) is 23.5 Å². The summed E-state index contributed by atoms with van der Waals surface area (Å²) in [5.41, 5.74) is 1.18. The third kappa shape index (κ3) is 4.65. The van der Waals surface area contributed by atoms with Crippen LogP contribution in [0.25, 0.3) is 0 Å². The summed E-state index contributed by atoms with van der Waals surface area (Å²) in [4.78, 5) is 12.8. The molecule has 29 heavy (non-hydrogen) atoms. The second-order valence-corrected chi connectivity index (χ2v) is 8.49. The fourth-order valence-corrected chi connectivity index (χ4v) is 3.36. The lowest BCUT2D eigenvalue weighted by molar-refractivity contribution is 0.171. The first-order chi connectivity index (χ1) is 13.7. The van der Waals surface area contributed by atoms with Gasteiger partial charge in [0.1, 0.15) is 25.1 Å². The molecule has 2 amide bonds. The SMILES string of the molecule is CC(C)[C@H](NC(=O)Nc1cc(C#N)cn1C(C)(C)C)c1ccc2c(c1)OCCO2. The molecule has 7 heteroatoms. The number of ether oxygens (including phenoxy) is 2. The van der Waals surface area contributed by atoms with Crippen LogP contribution in [-0.4, -0.2) is 23.8 Å². The zero-order valence-corrected chi connectivity index (χ0v) is 17.6. The minimum atomic E-state index is -0.327. The molecule has 0 bridgehead atoms. The Morgan fingerprint density at radius 2 is 1.86 bits per heavy atom. The molecule has 0 saturated carbocycles. The molecule has 1 aromatic carbocycles. The largest absolute Gasteiger partial charge is 0.486 e. The Morgan fingerprint density at radius 1 is 1.17 bits per heavy atom. The zero-order chi connectivity index (χ0) is 21.2. The van der Waals surface area contributed by atoms with E-state index >= 15 is 0 Å². The van der Waals surface area contributed by atoms with E-state index < -0.39 is 0 Å². The maximum absolute atomic E-state index is 12.8. The molecule has 0 radical (unpaired) electrons. The predicted molar refractivity (Wildman–Crippen MR) is 111 cm³/mol. The molecule has 3 rings (SSSR count). The van der Waals surface area contributed by atoms with Crippen molar-refractivity contribution in [2.75, 3.05) is 18.5 Å². The Balaban J connectivity index is 1.79. The number of carbonyl (C=O) groups is 1. The van der Waals surface area contributed by atoms with Crippen molar-refractivity contribution in [3.05, 3.63) is 41.6 Å². The van der Waals surface area contributed by atoms with Crippen molar-refractivity contribution in [2.24, 2.45) is 5.92 Å². The summed E-state index contributed by atoms with van der Waals surface area (Å²) < 4.78 is 13.1. The highest BCUT2D eigenvalue weighted by molar-refractivity contribution is 5.89. The molecule has 2 N–H and O–H groups in total. The number of amides is 2. The summed E-state index contributed by atoms with van der Waals surface area (Å²) in [6.45, 7) is 11.2. The van der Waals surface area contributed by atoms with Gasteiger partial charge in [-0.3, -0.25) is 5.32 Å². The van der Waals surface area contributed by atoms with Crippen LogP contribution < -0.4 is 20.1 Å². The average molecular weight is 396 g/mol. The maximum atomic E-state index is 12.8. The number of urea groups is 1. The van der Waals surface area contributed by atoms with Gasteiger partial charge >= 0.3 is 6.03 Å². The van der Waals surface area contributed by atoms with Crippen molar-refractivity contribution in [1.82, 2.24) is 9.88 Å². The number of rotatable bonds is 4. The second-order valence-electron chi connectivity index (χ2n) is 8.49. The van der Waals surface area contributed by atoms with E-state index in [1.165, 1.54) is 0 Å². The van der Waals surface area contributed by atoms with Crippen molar-refractivity contribution in [1.29, 1.82) is 5.26 Å². The van der Waals surface area contributed by atoms with Crippen LogP contribution in [-0.2, 0) is 5.54 Å². The molecule has 0 aliphatic carbocycles. The maximum Gasteiger partial charge on any atom is 0.320 e. The molecule has 154 valence electrons. The van der Waals surface area contributed by atoms with E-state index in [4.69, 9.17) is 9.47 Å². The number of hydrogen-bond acceptors (Lipinski definition) is 4. The number of nitriles is 1. The van der Waals surface area contributed by atoms with Gasteiger partial charge in [0.25, 0.3) is 0 Å². The van der Waals surface area contributed by atoms with Gasteiger partial charge in [0, 0.05) is 11.7 Å². The minimum Gasteiger partial charge on any atom is -0.486 e. The van der Waals surface area contributed by atoms with Crippen LogP contribution in [0.3, 0.4) is 0 Å². The lowest BCUT2D eigenvalue weighted by Gasteiger charge is -2.27. The molecule has 1 aliphatic rings. The summed E-state index contributed by atoms with van der Waals surface area (Å²) in [7, 11) is 0. The standard InChI is InChI=1S/C22H28N4O3/c1-14(2)20(16-6-7-17-18(11-16)29-9-8-28-17)25-21(27)24-19-10-15(12-23)13-26(19)22(3,4)5/h6-7,10-11,13-14,20H,8-9H2,1-5H3,(H2,24,25,27)/t20-/m0/s1. The highest BCUT2D eigenvalue weighted by Gasteiger charge is 2.23. The smallest absolute Gasteiger partial charge is 0.320 e. The number of benzene rings is 1. The Labute approximate surface area is 171 Å². The van der Waals surface area contributed by atoms with Crippen LogP contribution in [0.5, 0.6) is 11.5 Å². The summed E-state index contributed by atoms with van der Waals surface area (Å²) in [5, 5.41) is 15.2. The van der Waals surface area contributed by atoms with Gasteiger partial charge in [0.05, 0.1) is 11.6 Å². The van der Waals surface area contributed by atoms with Crippen LogP contribution in [0.1, 0.15) is 51.8 Å². The highest BCUT2D eigenvalue weighted by Crippen LogP contribution is 2.34. The van der Waals surface area contributed by atoms with Crippen molar-refractivity contribution in [3.8, 4) is 17.6 Å². The fraction of sp³-hybridized carbons (Fsp3) is 0.455. The summed E-state index contributed by atoms with van der Waals surface area (Å²) in [6, 6.07) is 9.02. The quantitative estimate of drug-likeness (QED) is 0.801. The molecule has 1 aliphatic heterocycles. The van der Waals surface area contributed by atoms with Gasteiger partial charge < -0.3 is 19.4 Å². The second kappa shape index (κ2) is 8.08. The van der Waals surface area contributed by atoms with Gasteiger partial charge in [-0.25, -0.2) is 4.79 Å².